The summed E-state index contributed by atoms with van der Waals surface area (Å²) in [5, 5.41) is 9.48. The van der Waals surface area contributed by atoms with Crippen molar-refractivity contribution >= 4 is 17.4 Å². The number of ether oxygens (including phenoxy) is 1. The van der Waals surface area contributed by atoms with E-state index in [0.29, 0.717) is 24.0 Å². The van der Waals surface area contributed by atoms with Gasteiger partial charge in [0.15, 0.2) is 0 Å². The van der Waals surface area contributed by atoms with E-state index in [1.54, 1.807) is 18.2 Å². The van der Waals surface area contributed by atoms with Crippen LogP contribution in [0.25, 0.3) is 0 Å². The van der Waals surface area contributed by atoms with Crippen LogP contribution in [0.1, 0.15) is 24.3 Å². The highest BCUT2D eigenvalue weighted by molar-refractivity contribution is 6.06. The van der Waals surface area contributed by atoms with Crippen LogP contribution in [-0.2, 0) is 0 Å². The Bertz CT molecular complexity index is 595. The maximum atomic E-state index is 12.0. The molecule has 1 heterocycles. The van der Waals surface area contributed by atoms with E-state index < -0.39 is 5.91 Å². The van der Waals surface area contributed by atoms with Crippen molar-refractivity contribution in [3.63, 3.8) is 0 Å². The van der Waals surface area contributed by atoms with Gasteiger partial charge in [-0.05, 0) is 28.4 Å². The molecule has 0 radical (unpaired) electrons. The molecule has 7 nitrogen and oxygen atoms in total. The smallest absolute Gasteiger partial charge is 0.281 e. The van der Waals surface area contributed by atoms with Gasteiger partial charge in [-0.1, -0.05) is 26.0 Å². The molecule has 0 unspecified atom stereocenters. The number of hydrogen-bond acceptors (Lipinski definition) is 6. The first kappa shape index (κ1) is 13.9. The average Bonchev–Trinajstić information content (AvgIpc) is 2.84. The predicted octanol–water partition coefficient (Wildman–Crippen LogP) is 1.94. The van der Waals surface area contributed by atoms with Gasteiger partial charge in [0.25, 0.3) is 5.91 Å². The zero-order valence-electron chi connectivity index (χ0n) is 11.3. The van der Waals surface area contributed by atoms with Crippen LogP contribution in [0.3, 0.4) is 0 Å². The van der Waals surface area contributed by atoms with Gasteiger partial charge < -0.3 is 15.8 Å². The Labute approximate surface area is 116 Å². The summed E-state index contributed by atoms with van der Waals surface area (Å²) in [6.07, 6.45) is 0. The molecule has 2 rings (SSSR count). The van der Waals surface area contributed by atoms with Crippen LogP contribution in [0.15, 0.2) is 28.9 Å². The van der Waals surface area contributed by atoms with Crippen molar-refractivity contribution in [3.05, 3.63) is 30.0 Å². The van der Waals surface area contributed by atoms with Gasteiger partial charge in [0, 0.05) is 0 Å². The fraction of sp³-hybridized carbons (Fsp3) is 0.308. The van der Waals surface area contributed by atoms with Gasteiger partial charge in [0.2, 0.25) is 11.5 Å². The fourth-order valence-electron chi connectivity index (χ4n) is 1.49. The van der Waals surface area contributed by atoms with E-state index in [-0.39, 0.29) is 11.5 Å². The minimum atomic E-state index is -0.496. The van der Waals surface area contributed by atoms with Crippen LogP contribution in [0.4, 0.5) is 11.5 Å². The van der Waals surface area contributed by atoms with Crippen molar-refractivity contribution in [2.75, 3.05) is 17.7 Å². The van der Waals surface area contributed by atoms with E-state index >= 15 is 0 Å². The lowest BCUT2D eigenvalue weighted by Crippen LogP contribution is -2.15. The third-order valence-corrected chi connectivity index (χ3v) is 2.44. The average molecular weight is 276 g/mol. The van der Waals surface area contributed by atoms with E-state index in [1.165, 1.54) is 0 Å². The first-order chi connectivity index (χ1) is 9.58. The van der Waals surface area contributed by atoms with Crippen LogP contribution in [0.5, 0.6) is 5.75 Å². The molecule has 0 aliphatic rings. The molecule has 2 aromatic rings. The maximum Gasteiger partial charge on any atom is 0.281 e. The van der Waals surface area contributed by atoms with Crippen molar-refractivity contribution in [3.8, 4) is 5.75 Å². The second kappa shape index (κ2) is 6.05. The van der Waals surface area contributed by atoms with Gasteiger partial charge in [0.05, 0.1) is 12.3 Å². The van der Waals surface area contributed by atoms with E-state index in [4.69, 9.17) is 10.5 Å². The van der Waals surface area contributed by atoms with Gasteiger partial charge in [-0.15, -0.1) is 0 Å². The quantitative estimate of drug-likeness (QED) is 0.865. The Hall–Kier alpha value is -2.57. The SMILES string of the molecule is CC(C)COc1ccccc1NC(=O)c1nonc1N. The molecule has 3 N–H and O–H groups in total. The van der Waals surface area contributed by atoms with Crippen LogP contribution < -0.4 is 15.8 Å². The van der Waals surface area contributed by atoms with E-state index in [0.717, 1.165) is 0 Å². The summed E-state index contributed by atoms with van der Waals surface area (Å²) < 4.78 is 10.0. The number of carbonyl (C=O) groups excluding carboxylic acids is 1. The van der Waals surface area contributed by atoms with Crippen LogP contribution in [-0.4, -0.2) is 22.8 Å². The molecule has 0 atom stereocenters. The minimum absolute atomic E-state index is 0.0522. The molecule has 7 heteroatoms. The van der Waals surface area contributed by atoms with Crippen molar-refractivity contribution in [2.24, 2.45) is 5.92 Å². The third kappa shape index (κ3) is 3.25. The minimum Gasteiger partial charge on any atom is -0.491 e. The molecular formula is C13H16N4O3. The summed E-state index contributed by atoms with van der Waals surface area (Å²) in [5.74, 6) is 0.422. The summed E-state index contributed by atoms with van der Waals surface area (Å²) in [5.41, 5.74) is 5.96. The largest absolute Gasteiger partial charge is 0.491 e. The zero-order chi connectivity index (χ0) is 14.5. The zero-order valence-corrected chi connectivity index (χ0v) is 11.3. The number of rotatable bonds is 5. The van der Waals surface area contributed by atoms with E-state index in [2.05, 4.69) is 20.3 Å². The number of benzene rings is 1. The van der Waals surface area contributed by atoms with Gasteiger partial charge in [-0.25, -0.2) is 4.63 Å². The first-order valence-corrected chi connectivity index (χ1v) is 6.19. The lowest BCUT2D eigenvalue weighted by molar-refractivity contribution is 0.101. The summed E-state index contributed by atoms with van der Waals surface area (Å²) in [4.78, 5) is 12.0. The lowest BCUT2D eigenvalue weighted by Gasteiger charge is -2.13. The van der Waals surface area contributed by atoms with Gasteiger partial charge >= 0.3 is 0 Å². The molecule has 0 bridgehead atoms. The topological polar surface area (TPSA) is 103 Å². The van der Waals surface area contributed by atoms with Gasteiger partial charge in [-0.2, -0.15) is 0 Å². The van der Waals surface area contributed by atoms with Crippen molar-refractivity contribution in [1.82, 2.24) is 10.3 Å². The first-order valence-electron chi connectivity index (χ1n) is 6.19. The van der Waals surface area contributed by atoms with Crippen LogP contribution >= 0.6 is 0 Å². The molecule has 1 aromatic carbocycles. The fourth-order valence-corrected chi connectivity index (χ4v) is 1.49. The number of nitrogens with two attached hydrogens (primary N) is 1. The van der Waals surface area contributed by atoms with Crippen LogP contribution in [0, 0.1) is 5.92 Å². The number of hydrogen-bond donors (Lipinski definition) is 2. The number of aromatic nitrogens is 2. The van der Waals surface area contributed by atoms with Crippen LogP contribution in [0.2, 0.25) is 0 Å². The van der Waals surface area contributed by atoms with E-state index in [9.17, 15) is 4.79 Å². The maximum absolute atomic E-state index is 12.0. The summed E-state index contributed by atoms with van der Waals surface area (Å²) in [6, 6.07) is 7.14. The Morgan fingerprint density at radius 2 is 2.15 bits per heavy atom. The molecule has 0 saturated heterocycles. The Morgan fingerprint density at radius 1 is 1.40 bits per heavy atom. The van der Waals surface area contributed by atoms with Gasteiger partial charge in [0.1, 0.15) is 5.75 Å². The molecule has 0 aliphatic carbocycles. The lowest BCUT2D eigenvalue weighted by atomic mass is 10.2. The molecule has 0 aliphatic heterocycles. The number of nitrogens with zero attached hydrogens (tertiary/aromatic N) is 2. The molecule has 1 amide bonds. The number of para-hydroxylation sites is 2. The van der Waals surface area contributed by atoms with Crippen molar-refractivity contribution in [1.29, 1.82) is 0 Å². The predicted molar refractivity (Wildman–Crippen MR) is 73.4 cm³/mol. The summed E-state index contributed by atoms with van der Waals surface area (Å²) in [7, 11) is 0. The number of amides is 1. The number of carbonyl (C=O) groups is 1. The van der Waals surface area contributed by atoms with Crippen molar-refractivity contribution < 1.29 is 14.2 Å². The van der Waals surface area contributed by atoms with Crippen molar-refractivity contribution in [2.45, 2.75) is 13.8 Å². The Morgan fingerprint density at radius 3 is 2.80 bits per heavy atom. The molecule has 20 heavy (non-hydrogen) atoms. The number of nitrogens with one attached hydrogen (secondary N) is 1. The van der Waals surface area contributed by atoms with Gasteiger partial charge in [-0.3, -0.25) is 4.79 Å². The Balaban J connectivity index is 2.13. The normalized spacial score (nSPS) is 10.6. The molecule has 106 valence electrons. The summed E-state index contributed by atoms with van der Waals surface area (Å²) in [6.45, 7) is 4.65. The number of nitrogen functional groups attached to an aromatic ring is 1. The highest BCUT2D eigenvalue weighted by Crippen LogP contribution is 2.25. The highest BCUT2D eigenvalue weighted by atomic mass is 16.6. The number of anilines is 2. The summed E-state index contributed by atoms with van der Waals surface area (Å²) >= 11 is 0. The Kier molecular flexibility index (Phi) is 4.19. The molecule has 1 aromatic heterocycles. The monoisotopic (exact) mass is 276 g/mol. The molecule has 0 fully saturated rings. The van der Waals surface area contributed by atoms with E-state index in [1.807, 2.05) is 19.9 Å². The molecular weight excluding hydrogens is 260 g/mol. The standard InChI is InChI=1S/C13H16N4O3/c1-8(2)7-19-10-6-4-3-5-9(10)15-13(18)11-12(14)17-20-16-11/h3-6,8H,7H2,1-2H3,(H2,14,17)(H,15,18). The highest BCUT2D eigenvalue weighted by Gasteiger charge is 2.17. The third-order valence-electron chi connectivity index (χ3n) is 2.44. The second-order valence-corrected chi connectivity index (χ2v) is 4.65. The second-order valence-electron chi connectivity index (χ2n) is 4.65. The molecule has 0 saturated carbocycles. The molecule has 0 spiro atoms.